The van der Waals surface area contributed by atoms with Crippen molar-refractivity contribution >= 4 is 11.8 Å². The number of aromatic nitrogens is 2. The van der Waals surface area contributed by atoms with Gasteiger partial charge < -0.3 is 10.2 Å². The minimum Gasteiger partial charge on any atom is -0.342 e. The van der Waals surface area contributed by atoms with Crippen LogP contribution in [0.1, 0.15) is 45.0 Å². The molecule has 1 fully saturated rings. The summed E-state index contributed by atoms with van der Waals surface area (Å²) in [6, 6.07) is 1.85. The van der Waals surface area contributed by atoms with E-state index in [1.807, 2.05) is 33.9 Å². The first-order valence-electron chi connectivity index (χ1n) is 7.38. The minimum atomic E-state index is -0.824. The quantitative estimate of drug-likeness (QED) is 0.908. The van der Waals surface area contributed by atoms with Crippen molar-refractivity contribution in [3.63, 3.8) is 0 Å². The van der Waals surface area contributed by atoms with E-state index < -0.39 is 5.54 Å². The van der Waals surface area contributed by atoms with Gasteiger partial charge in [0, 0.05) is 19.5 Å². The van der Waals surface area contributed by atoms with Crippen molar-refractivity contribution in [2.75, 3.05) is 0 Å². The van der Waals surface area contributed by atoms with Crippen molar-refractivity contribution in [1.82, 2.24) is 20.0 Å². The van der Waals surface area contributed by atoms with E-state index in [1.54, 1.807) is 16.5 Å². The minimum absolute atomic E-state index is 0.0257. The van der Waals surface area contributed by atoms with Crippen molar-refractivity contribution in [2.45, 2.75) is 58.7 Å². The number of nitrogens with zero attached hydrogens (tertiary/aromatic N) is 3. The summed E-state index contributed by atoms with van der Waals surface area (Å²) in [5.41, 5.74) is 1.07. The Hall–Kier alpha value is -1.85. The molecule has 1 saturated heterocycles. The van der Waals surface area contributed by atoms with Crippen LogP contribution in [0.15, 0.2) is 6.07 Å². The van der Waals surface area contributed by atoms with Gasteiger partial charge in [0.2, 0.25) is 11.8 Å². The van der Waals surface area contributed by atoms with Crippen molar-refractivity contribution in [2.24, 2.45) is 7.05 Å². The molecular weight excluding hydrogens is 268 g/mol. The predicted octanol–water partition coefficient (Wildman–Crippen LogP) is 1.13. The second-order valence-electron chi connectivity index (χ2n) is 6.12. The van der Waals surface area contributed by atoms with Crippen molar-refractivity contribution in [3.05, 3.63) is 17.5 Å². The molecule has 1 aromatic heterocycles. The number of aryl methyl sites for hydroxylation is 2. The van der Waals surface area contributed by atoms with E-state index in [0.29, 0.717) is 19.4 Å². The van der Waals surface area contributed by atoms with Gasteiger partial charge in [0.25, 0.3) is 0 Å². The summed E-state index contributed by atoms with van der Waals surface area (Å²) in [5, 5.41) is 7.19. The summed E-state index contributed by atoms with van der Waals surface area (Å²) in [7, 11) is 1.87. The molecule has 1 aliphatic heterocycles. The van der Waals surface area contributed by atoms with Crippen LogP contribution < -0.4 is 5.32 Å². The fourth-order valence-electron chi connectivity index (χ4n) is 2.76. The average molecular weight is 292 g/mol. The van der Waals surface area contributed by atoms with Gasteiger partial charge in [-0.05, 0) is 33.3 Å². The van der Waals surface area contributed by atoms with Gasteiger partial charge in [0.05, 0.1) is 17.9 Å². The molecule has 1 N–H and O–H groups in total. The van der Waals surface area contributed by atoms with E-state index in [4.69, 9.17) is 0 Å². The van der Waals surface area contributed by atoms with Crippen LogP contribution in [0.25, 0.3) is 0 Å². The van der Waals surface area contributed by atoms with Gasteiger partial charge in [-0.15, -0.1) is 0 Å². The maximum absolute atomic E-state index is 12.9. The fraction of sp³-hybridized carbons (Fsp3) is 0.667. The van der Waals surface area contributed by atoms with Gasteiger partial charge >= 0.3 is 0 Å². The SMILES string of the molecule is CCC1(C)NC(=O)CC(C)N(Cc2cc(C)nn2C)C1=O. The summed E-state index contributed by atoms with van der Waals surface area (Å²) < 4.78 is 1.79. The highest BCUT2D eigenvalue weighted by molar-refractivity contribution is 5.93. The molecule has 116 valence electrons. The van der Waals surface area contributed by atoms with E-state index in [9.17, 15) is 9.59 Å². The molecular formula is C15H24N4O2. The van der Waals surface area contributed by atoms with Crippen molar-refractivity contribution < 1.29 is 9.59 Å². The second-order valence-corrected chi connectivity index (χ2v) is 6.12. The summed E-state index contributed by atoms with van der Waals surface area (Å²) in [5.74, 6) is -0.0916. The van der Waals surface area contributed by atoms with Crippen LogP contribution in [0.2, 0.25) is 0 Å². The van der Waals surface area contributed by atoms with Gasteiger partial charge in [-0.25, -0.2) is 0 Å². The van der Waals surface area contributed by atoms with Gasteiger partial charge in [0.1, 0.15) is 5.54 Å². The number of hydrogen-bond acceptors (Lipinski definition) is 3. The molecule has 2 unspecified atom stereocenters. The average Bonchev–Trinajstić information content (AvgIpc) is 2.68. The van der Waals surface area contributed by atoms with Gasteiger partial charge in [0.15, 0.2) is 0 Å². The van der Waals surface area contributed by atoms with E-state index in [-0.39, 0.29) is 17.9 Å². The zero-order valence-electron chi connectivity index (χ0n) is 13.4. The molecule has 0 aliphatic carbocycles. The third-order valence-corrected chi connectivity index (χ3v) is 4.30. The van der Waals surface area contributed by atoms with Crippen molar-refractivity contribution in [3.8, 4) is 0 Å². The van der Waals surface area contributed by atoms with E-state index in [1.165, 1.54) is 0 Å². The molecule has 0 aromatic carbocycles. The molecule has 0 bridgehead atoms. The Labute approximate surface area is 125 Å². The van der Waals surface area contributed by atoms with E-state index >= 15 is 0 Å². The lowest BCUT2D eigenvalue weighted by molar-refractivity contribution is -0.140. The number of amides is 2. The number of rotatable bonds is 3. The highest BCUT2D eigenvalue weighted by Crippen LogP contribution is 2.23. The lowest BCUT2D eigenvalue weighted by atomic mass is 9.97. The summed E-state index contributed by atoms with van der Waals surface area (Å²) >= 11 is 0. The topological polar surface area (TPSA) is 67.2 Å². The summed E-state index contributed by atoms with van der Waals surface area (Å²) in [6.07, 6.45) is 0.906. The molecule has 6 nitrogen and oxygen atoms in total. The summed E-state index contributed by atoms with van der Waals surface area (Å²) in [4.78, 5) is 26.6. The molecule has 1 aromatic rings. The molecule has 21 heavy (non-hydrogen) atoms. The lowest BCUT2D eigenvalue weighted by Crippen LogP contribution is -2.55. The Morgan fingerprint density at radius 2 is 2.14 bits per heavy atom. The predicted molar refractivity (Wildman–Crippen MR) is 79.4 cm³/mol. The van der Waals surface area contributed by atoms with Crippen LogP contribution in [0, 0.1) is 6.92 Å². The highest BCUT2D eigenvalue weighted by Gasteiger charge is 2.41. The smallest absolute Gasteiger partial charge is 0.248 e. The number of hydrogen-bond donors (Lipinski definition) is 1. The molecule has 1 aliphatic rings. The Kier molecular flexibility index (Phi) is 4.07. The zero-order chi connectivity index (χ0) is 15.8. The highest BCUT2D eigenvalue weighted by atomic mass is 16.2. The molecule has 0 radical (unpaired) electrons. The Morgan fingerprint density at radius 3 is 2.67 bits per heavy atom. The number of nitrogens with one attached hydrogen (secondary N) is 1. The van der Waals surface area contributed by atoms with Crippen LogP contribution in [0.3, 0.4) is 0 Å². The molecule has 6 heteroatoms. The molecule has 2 amide bonds. The third kappa shape index (κ3) is 2.94. The normalized spacial score (nSPS) is 26.7. The molecule has 2 rings (SSSR count). The van der Waals surface area contributed by atoms with Gasteiger partial charge in [-0.1, -0.05) is 6.92 Å². The summed E-state index contributed by atoms with van der Waals surface area (Å²) in [6.45, 7) is 8.04. The van der Waals surface area contributed by atoms with E-state index in [2.05, 4.69) is 10.4 Å². The molecule has 2 atom stereocenters. The lowest BCUT2D eigenvalue weighted by Gasteiger charge is -2.33. The van der Waals surface area contributed by atoms with E-state index in [0.717, 1.165) is 11.4 Å². The van der Waals surface area contributed by atoms with Crippen LogP contribution in [-0.4, -0.2) is 38.1 Å². The van der Waals surface area contributed by atoms with Gasteiger partial charge in [-0.3, -0.25) is 14.3 Å². The Bertz CT molecular complexity index is 566. The molecule has 0 spiro atoms. The van der Waals surface area contributed by atoms with Crippen LogP contribution in [0.5, 0.6) is 0 Å². The zero-order valence-corrected chi connectivity index (χ0v) is 13.4. The van der Waals surface area contributed by atoms with Crippen molar-refractivity contribution in [1.29, 1.82) is 0 Å². The largest absolute Gasteiger partial charge is 0.342 e. The van der Waals surface area contributed by atoms with Crippen LogP contribution in [0.4, 0.5) is 0 Å². The fourth-order valence-corrected chi connectivity index (χ4v) is 2.76. The maximum atomic E-state index is 12.9. The second kappa shape index (κ2) is 5.50. The van der Waals surface area contributed by atoms with Crippen LogP contribution in [-0.2, 0) is 23.2 Å². The first kappa shape index (κ1) is 15.5. The number of carbonyl (C=O) groups excluding carboxylic acids is 2. The monoisotopic (exact) mass is 292 g/mol. The third-order valence-electron chi connectivity index (χ3n) is 4.30. The van der Waals surface area contributed by atoms with Gasteiger partial charge in [-0.2, -0.15) is 5.10 Å². The first-order valence-corrected chi connectivity index (χ1v) is 7.38. The number of carbonyl (C=O) groups is 2. The maximum Gasteiger partial charge on any atom is 0.248 e. The Balaban J connectivity index is 2.32. The Morgan fingerprint density at radius 1 is 1.48 bits per heavy atom. The van der Waals surface area contributed by atoms with Crippen LogP contribution >= 0.6 is 0 Å². The molecule has 0 saturated carbocycles. The molecule has 2 heterocycles. The standard InChI is InChI=1S/C15H24N4O2/c1-6-15(4)14(21)19(11(3)8-13(20)16-15)9-12-7-10(2)17-18(12)5/h7,11H,6,8-9H2,1-5H3,(H,16,20). The first-order chi connectivity index (χ1) is 9.76.